The average molecular weight is 355 g/mol. The first-order chi connectivity index (χ1) is 12.6. The minimum absolute atomic E-state index is 0.0683. The number of furan rings is 1. The summed E-state index contributed by atoms with van der Waals surface area (Å²) >= 11 is 0. The van der Waals surface area contributed by atoms with Gasteiger partial charge in [0.15, 0.2) is 5.76 Å². The normalized spacial score (nSPS) is 14.7. The molecule has 1 aliphatic rings. The Morgan fingerprint density at radius 1 is 1.42 bits per heavy atom. The lowest BCUT2D eigenvalue weighted by Crippen LogP contribution is -2.39. The van der Waals surface area contributed by atoms with Gasteiger partial charge in [0, 0.05) is 25.8 Å². The first kappa shape index (κ1) is 17.4. The summed E-state index contributed by atoms with van der Waals surface area (Å²) < 4.78 is 4.89. The molecule has 0 radical (unpaired) electrons. The zero-order chi connectivity index (χ0) is 18.5. The maximum atomic E-state index is 12.0. The highest BCUT2D eigenvalue weighted by atomic mass is 16.6. The number of nitriles is 1. The maximum Gasteiger partial charge on any atom is 0.433 e. The molecular weight excluding hydrogens is 338 g/mol. The molecule has 134 valence electrons. The molecule has 0 bridgehead atoms. The number of nitro groups is 1. The van der Waals surface area contributed by atoms with E-state index in [0.717, 1.165) is 32.0 Å². The van der Waals surface area contributed by atoms with Crippen molar-refractivity contribution in [2.75, 3.05) is 24.5 Å². The molecule has 3 heterocycles. The van der Waals surface area contributed by atoms with Crippen LogP contribution in [0.25, 0.3) is 0 Å². The molecule has 1 N–H and O–H groups in total. The number of nitrogens with zero attached hydrogens (tertiary/aromatic N) is 4. The Labute approximate surface area is 149 Å². The van der Waals surface area contributed by atoms with Crippen molar-refractivity contribution in [2.24, 2.45) is 5.92 Å². The maximum absolute atomic E-state index is 12.0. The molecule has 9 nitrogen and oxygen atoms in total. The second-order valence-corrected chi connectivity index (χ2v) is 6.02. The number of rotatable bonds is 5. The Bertz CT molecular complexity index is 849. The van der Waals surface area contributed by atoms with E-state index in [0.29, 0.717) is 17.9 Å². The van der Waals surface area contributed by atoms with Crippen molar-refractivity contribution in [3.05, 3.63) is 51.9 Å². The zero-order valence-electron chi connectivity index (χ0n) is 13.9. The lowest BCUT2D eigenvalue weighted by atomic mass is 9.96. The highest BCUT2D eigenvalue weighted by molar-refractivity contribution is 5.91. The van der Waals surface area contributed by atoms with Gasteiger partial charge in [-0.3, -0.25) is 14.9 Å². The number of amides is 1. The third kappa shape index (κ3) is 3.80. The van der Waals surface area contributed by atoms with Crippen molar-refractivity contribution in [1.82, 2.24) is 10.3 Å². The van der Waals surface area contributed by atoms with Crippen LogP contribution in [-0.4, -0.2) is 35.4 Å². The Balaban J connectivity index is 1.50. The van der Waals surface area contributed by atoms with Gasteiger partial charge in [0.05, 0.1) is 11.6 Å². The Kier molecular flexibility index (Phi) is 5.12. The lowest BCUT2D eigenvalue weighted by Gasteiger charge is -2.33. The largest absolute Gasteiger partial charge is 0.433 e. The highest BCUT2D eigenvalue weighted by Gasteiger charge is 2.23. The first-order valence-electron chi connectivity index (χ1n) is 8.21. The molecule has 2 aromatic rings. The quantitative estimate of drug-likeness (QED) is 0.643. The molecule has 1 aliphatic heterocycles. The fraction of sp³-hybridized carbons (Fsp3) is 0.353. The molecule has 1 saturated heterocycles. The van der Waals surface area contributed by atoms with Crippen molar-refractivity contribution < 1.29 is 14.1 Å². The monoisotopic (exact) mass is 355 g/mol. The predicted molar refractivity (Wildman–Crippen MR) is 91.6 cm³/mol. The van der Waals surface area contributed by atoms with Gasteiger partial charge in [0.1, 0.15) is 16.8 Å². The van der Waals surface area contributed by atoms with Crippen LogP contribution in [0.1, 0.15) is 29.0 Å². The predicted octanol–water partition coefficient (Wildman–Crippen LogP) is 2.10. The number of pyridine rings is 1. The molecule has 0 aliphatic carbocycles. The van der Waals surface area contributed by atoms with Crippen LogP contribution in [0.5, 0.6) is 0 Å². The van der Waals surface area contributed by atoms with Crippen LogP contribution in [0, 0.1) is 27.4 Å². The van der Waals surface area contributed by atoms with Crippen LogP contribution in [-0.2, 0) is 0 Å². The highest BCUT2D eigenvalue weighted by Crippen LogP contribution is 2.24. The molecule has 2 aromatic heterocycles. The lowest BCUT2D eigenvalue weighted by molar-refractivity contribution is -0.402. The van der Waals surface area contributed by atoms with Crippen LogP contribution < -0.4 is 10.2 Å². The van der Waals surface area contributed by atoms with Crippen molar-refractivity contribution in [2.45, 2.75) is 12.8 Å². The number of piperidine rings is 1. The minimum atomic E-state index is -0.681. The van der Waals surface area contributed by atoms with Gasteiger partial charge in [-0.15, -0.1) is 0 Å². The number of hydrogen-bond donors (Lipinski definition) is 1. The molecule has 0 saturated carbocycles. The number of anilines is 1. The minimum Gasteiger partial charge on any atom is -0.395 e. The van der Waals surface area contributed by atoms with E-state index in [1.165, 1.54) is 6.07 Å². The van der Waals surface area contributed by atoms with Gasteiger partial charge in [-0.25, -0.2) is 4.98 Å². The van der Waals surface area contributed by atoms with Crippen molar-refractivity contribution in [3.63, 3.8) is 0 Å². The Morgan fingerprint density at radius 2 is 2.19 bits per heavy atom. The number of nitrogens with one attached hydrogen (secondary N) is 1. The van der Waals surface area contributed by atoms with E-state index in [9.17, 15) is 20.2 Å². The number of hydrogen-bond acceptors (Lipinski definition) is 7. The van der Waals surface area contributed by atoms with Gasteiger partial charge in [0.25, 0.3) is 5.91 Å². The SMILES string of the molecule is N#Cc1cccnc1N1CCC(CNC(=O)c2ccc([N+](=O)[O-])o2)CC1. The van der Waals surface area contributed by atoms with Crippen LogP contribution in [0.3, 0.4) is 0 Å². The fourth-order valence-electron chi connectivity index (χ4n) is 2.96. The van der Waals surface area contributed by atoms with Gasteiger partial charge in [-0.05, 0) is 37.0 Å². The molecule has 0 unspecified atom stereocenters. The van der Waals surface area contributed by atoms with E-state index in [1.807, 2.05) is 0 Å². The van der Waals surface area contributed by atoms with Crippen LogP contribution in [0.2, 0.25) is 0 Å². The van der Waals surface area contributed by atoms with Crippen LogP contribution in [0.4, 0.5) is 11.7 Å². The van der Waals surface area contributed by atoms with Gasteiger partial charge in [-0.2, -0.15) is 5.26 Å². The van der Waals surface area contributed by atoms with Gasteiger partial charge >= 0.3 is 5.88 Å². The van der Waals surface area contributed by atoms with E-state index in [-0.39, 0.29) is 11.7 Å². The van der Waals surface area contributed by atoms with Gasteiger partial charge in [0.2, 0.25) is 0 Å². The average Bonchev–Trinajstić information content (AvgIpc) is 3.17. The van der Waals surface area contributed by atoms with Gasteiger partial charge < -0.3 is 14.6 Å². The molecule has 26 heavy (non-hydrogen) atoms. The standard InChI is InChI=1S/C17H17N5O4/c18-10-13-2-1-7-19-16(13)21-8-5-12(6-9-21)11-20-17(23)14-3-4-15(26-14)22(24)25/h1-4,7,12H,5-6,8-9,11H2,(H,20,23). The smallest absolute Gasteiger partial charge is 0.395 e. The van der Waals surface area contributed by atoms with Crippen LogP contribution >= 0.6 is 0 Å². The van der Waals surface area contributed by atoms with Crippen LogP contribution in [0.15, 0.2) is 34.9 Å². The second kappa shape index (κ2) is 7.65. The van der Waals surface area contributed by atoms with Gasteiger partial charge in [-0.1, -0.05) is 0 Å². The third-order valence-electron chi connectivity index (χ3n) is 4.37. The molecule has 1 fully saturated rings. The number of aromatic nitrogens is 1. The molecular formula is C17H17N5O4. The van der Waals surface area contributed by atoms with E-state index in [1.54, 1.807) is 18.3 Å². The van der Waals surface area contributed by atoms with E-state index in [4.69, 9.17) is 4.42 Å². The van der Waals surface area contributed by atoms with Crippen molar-refractivity contribution >= 4 is 17.6 Å². The molecule has 3 rings (SSSR count). The van der Waals surface area contributed by atoms with E-state index < -0.39 is 16.7 Å². The van der Waals surface area contributed by atoms with E-state index >= 15 is 0 Å². The topological polar surface area (TPSA) is 125 Å². The fourth-order valence-corrected chi connectivity index (χ4v) is 2.96. The Morgan fingerprint density at radius 3 is 2.85 bits per heavy atom. The van der Waals surface area contributed by atoms with Crippen molar-refractivity contribution in [1.29, 1.82) is 5.26 Å². The first-order valence-corrected chi connectivity index (χ1v) is 8.21. The van der Waals surface area contributed by atoms with Crippen molar-refractivity contribution in [3.8, 4) is 6.07 Å². The molecule has 0 atom stereocenters. The summed E-state index contributed by atoms with van der Waals surface area (Å²) in [5, 5.41) is 22.5. The second-order valence-electron chi connectivity index (χ2n) is 6.02. The number of carbonyl (C=O) groups excluding carboxylic acids is 1. The summed E-state index contributed by atoms with van der Waals surface area (Å²) in [4.78, 5) is 28.3. The van der Waals surface area contributed by atoms with E-state index in [2.05, 4.69) is 21.3 Å². The molecule has 0 aromatic carbocycles. The molecule has 9 heteroatoms. The summed E-state index contributed by atoms with van der Waals surface area (Å²) in [6, 6.07) is 8.09. The number of carbonyl (C=O) groups is 1. The summed E-state index contributed by atoms with van der Waals surface area (Å²) in [6.07, 6.45) is 3.37. The summed E-state index contributed by atoms with van der Waals surface area (Å²) in [6.45, 7) is 1.96. The third-order valence-corrected chi connectivity index (χ3v) is 4.37. The summed E-state index contributed by atoms with van der Waals surface area (Å²) in [5.74, 6) is 0.000184. The summed E-state index contributed by atoms with van der Waals surface area (Å²) in [7, 11) is 0. The zero-order valence-corrected chi connectivity index (χ0v) is 13.9. The Hall–Kier alpha value is -3.41. The summed E-state index contributed by atoms with van der Waals surface area (Å²) in [5.41, 5.74) is 0.554. The molecule has 0 spiro atoms. The molecule has 1 amide bonds.